The molecule has 1 aliphatic heterocycles. The summed E-state index contributed by atoms with van der Waals surface area (Å²) in [7, 11) is -2.20. The Morgan fingerprint density at radius 3 is 2.36 bits per heavy atom. The van der Waals surface area contributed by atoms with Gasteiger partial charge in [-0.05, 0) is 31.3 Å². The zero-order chi connectivity index (χ0) is 8.32. The minimum Gasteiger partial charge on any atom is -0.317 e. The van der Waals surface area contributed by atoms with Crippen LogP contribution in [0.1, 0.15) is 19.8 Å². The lowest BCUT2D eigenvalue weighted by atomic mass is 9.83. The highest BCUT2D eigenvalue weighted by atomic mass is 32.2. The summed E-state index contributed by atoms with van der Waals surface area (Å²) >= 11 is 0. The third kappa shape index (κ3) is 2.79. The summed E-state index contributed by atoms with van der Waals surface area (Å²) in [6, 6.07) is 0. The predicted molar refractivity (Wildman–Crippen MR) is 45.4 cm³/mol. The molecule has 0 aromatic rings. The Morgan fingerprint density at radius 2 is 1.91 bits per heavy atom. The average molecular weight is 177 g/mol. The number of hydrogen-bond acceptors (Lipinski definition) is 3. The van der Waals surface area contributed by atoms with Gasteiger partial charge in [0.25, 0.3) is 0 Å². The molecule has 3 nitrogen and oxygen atoms in total. The van der Waals surface area contributed by atoms with E-state index in [2.05, 4.69) is 12.2 Å². The summed E-state index contributed by atoms with van der Waals surface area (Å²) in [5, 5.41) is 3.22. The lowest BCUT2D eigenvalue weighted by Gasteiger charge is -2.31. The molecule has 0 aromatic carbocycles. The van der Waals surface area contributed by atoms with Gasteiger partial charge in [-0.2, -0.15) is 0 Å². The van der Waals surface area contributed by atoms with Gasteiger partial charge in [-0.1, -0.05) is 6.92 Å². The van der Waals surface area contributed by atoms with E-state index in [0.717, 1.165) is 25.9 Å². The number of rotatable bonds is 2. The third-order valence-electron chi connectivity index (χ3n) is 2.32. The fraction of sp³-hybridized carbons (Fsp3) is 1.00. The first-order valence-electron chi connectivity index (χ1n) is 3.95. The largest absolute Gasteiger partial charge is 0.317 e. The molecule has 0 spiro atoms. The first kappa shape index (κ1) is 9.00. The van der Waals surface area contributed by atoms with Gasteiger partial charge in [0.2, 0.25) is 0 Å². The van der Waals surface area contributed by atoms with Crippen LogP contribution < -0.4 is 5.32 Å². The molecule has 0 amide bonds. The highest BCUT2D eigenvalue weighted by molar-refractivity contribution is 7.72. The molecule has 0 bridgehead atoms. The number of nitrogens with one attached hydrogen (secondary N) is 1. The Morgan fingerprint density at radius 1 is 1.36 bits per heavy atom. The molecule has 0 aromatic heterocycles. The summed E-state index contributed by atoms with van der Waals surface area (Å²) in [4.78, 5) is 0. The van der Waals surface area contributed by atoms with Crippen LogP contribution in [0.2, 0.25) is 0 Å². The van der Waals surface area contributed by atoms with Gasteiger partial charge in [0.05, 0.1) is 5.75 Å². The number of thiol groups is 1. The normalized spacial score (nSPS) is 23.8. The van der Waals surface area contributed by atoms with Crippen LogP contribution in [0.25, 0.3) is 0 Å². The molecule has 66 valence electrons. The first-order valence-corrected chi connectivity index (χ1v) is 5.31. The van der Waals surface area contributed by atoms with Crippen molar-refractivity contribution in [3.05, 3.63) is 0 Å². The van der Waals surface area contributed by atoms with Crippen molar-refractivity contribution >= 4 is 10.7 Å². The second-order valence-electron chi connectivity index (χ2n) is 3.55. The van der Waals surface area contributed by atoms with Crippen LogP contribution >= 0.6 is 0 Å². The van der Waals surface area contributed by atoms with E-state index in [1.54, 1.807) is 0 Å². The molecular formula is C7H15NO2S. The van der Waals surface area contributed by atoms with Gasteiger partial charge >= 0.3 is 0 Å². The average Bonchev–Trinajstić information content (AvgIpc) is 1.85. The Kier molecular flexibility index (Phi) is 2.90. The monoisotopic (exact) mass is 177 g/mol. The summed E-state index contributed by atoms with van der Waals surface area (Å²) in [5.74, 6) is 0.351. The lowest BCUT2D eigenvalue weighted by Crippen LogP contribution is -2.37. The van der Waals surface area contributed by atoms with Crippen LogP contribution in [0.3, 0.4) is 0 Å². The summed E-state index contributed by atoms with van der Waals surface area (Å²) < 4.78 is 21.0. The van der Waals surface area contributed by atoms with E-state index >= 15 is 0 Å². The molecule has 1 N–H and O–H groups in total. The molecule has 0 unspecified atom stereocenters. The van der Waals surface area contributed by atoms with E-state index in [0.29, 0.717) is 5.75 Å². The van der Waals surface area contributed by atoms with Gasteiger partial charge in [-0.3, -0.25) is 0 Å². The minimum atomic E-state index is -2.20. The van der Waals surface area contributed by atoms with Crippen molar-refractivity contribution in [3.8, 4) is 0 Å². The van der Waals surface area contributed by atoms with Crippen molar-refractivity contribution in [2.45, 2.75) is 19.8 Å². The van der Waals surface area contributed by atoms with Crippen LogP contribution in [-0.4, -0.2) is 27.3 Å². The van der Waals surface area contributed by atoms with E-state index in [9.17, 15) is 8.42 Å². The van der Waals surface area contributed by atoms with Crippen LogP contribution in [0.15, 0.2) is 0 Å². The minimum absolute atomic E-state index is 0.0421. The second-order valence-corrected chi connectivity index (χ2v) is 4.53. The lowest BCUT2D eigenvalue weighted by molar-refractivity contribution is 0.263. The van der Waals surface area contributed by atoms with Crippen LogP contribution in [0.5, 0.6) is 0 Å². The van der Waals surface area contributed by atoms with Crippen molar-refractivity contribution < 1.29 is 8.42 Å². The van der Waals surface area contributed by atoms with E-state index in [4.69, 9.17) is 0 Å². The fourth-order valence-corrected chi connectivity index (χ4v) is 2.44. The highest BCUT2D eigenvalue weighted by Crippen LogP contribution is 2.27. The predicted octanol–water partition coefficient (Wildman–Crippen LogP) is -0.0125. The molecule has 11 heavy (non-hydrogen) atoms. The molecule has 4 heteroatoms. The Bertz CT molecular complexity index is 187. The summed E-state index contributed by atoms with van der Waals surface area (Å²) in [6.45, 7) is 3.97. The van der Waals surface area contributed by atoms with Gasteiger partial charge in [-0.15, -0.1) is 0 Å². The molecular weight excluding hydrogens is 162 g/mol. The maximum atomic E-state index is 10.5. The standard InChI is InChI=1S/C7H15NO2S/c1-7(6-11(9)10)2-4-8-5-3-7/h8,11H,2-6H2,1H3. The quantitative estimate of drug-likeness (QED) is 0.583. The van der Waals surface area contributed by atoms with Gasteiger partial charge in [0.1, 0.15) is 10.7 Å². The smallest absolute Gasteiger partial charge is 0.140 e. The molecule has 0 saturated carbocycles. The summed E-state index contributed by atoms with van der Waals surface area (Å²) in [5.41, 5.74) is 0.0421. The maximum Gasteiger partial charge on any atom is 0.140 e. The second kappa shape index (κ2) is 3.54. The van der Waals surface area contributed by atoms with E-state index < -0.39 is 10.7 Å². The zero-order valence-corrected chi connectivity index (χ0v) is 7.69. The van der Waals surface area contributed by atoms with E-state index in [-0.39, 0.29) is 5.41 Å². The summed E-state index contributed by atoms with van der Waals surface area (Å²) in [6.07, 6.45) is 1.96. The van der Waals surface area contributed by atoms with Crippen molar-refractivity contribution in [2.75, 3.05) is 18.8 Å². The Labute approximate surface area is 69.1 Å². The van der Waals surface area contributed by atoms with Crippen LogP contribution in [-0.2, 0) is 10.7 Å². The van der Waals surface area contributed by atoms with Crippen LogP contribution in [0, 0.1) is 5.41 Å². The van der Waals surface area contributed by atoms with Gasteiger partial charge < -0.3 is 5.32 Å². The number of piperidine rings is 1. The Balaban J connectivity index is 2.49. The van der Waals surface area contributed by atoms with Gasteiger partial charge in [-0.25, -0.2) is 8.42 Å². The molecule has 1 heterocycles. The van der Waals surface area contributed by atoms with E-state index in [1.165, 1.54) is 0 Å². The SMILES string of the molecule is CC1(C[SH](=O)=O)CCNCC1. The van der Waals surface area contributed by atoms with Crippen molar-refractivity contribution in [1.82, 2.24) is 5.32 Å². The van der Waals surface area contributed by atoms with Gasteiger partial charge in [0.15, 0.2) is 0 Å². The van der Waals surface area contributed by atoms with Gasteiger partial charge in [0, 0.05) is 0 Å². The number of hydrogen-bond donors (Lipinski definition) is 2. The third-order valence-corrected chi connectivity index (χ3v) is 3.34. The van der Waals surface area contributed by atoms with Crippen molar-refractivity contribution in [2.24, 2.45) is 5.41 Å². The fourth-order valence-electron chi connectivity index (χ4n) is 1.50. The first-order chi connectivity index (χ1) is 5.12. The molecule has 1 fully saturated rings. The molecule has 0 radical (unpaired) electrons. The van der Waals surface area contributed by atoms with Crippen LogP contribution in [0.4, 0.5) is 0 Å². The Hall–Kier alpha value is -0.0900. The molecule has 1 saturated heterocycles. The molecule has 1 rings (SSSR count). The maximum absolute atomic E-state index is 10.5. The van der Waals surface area contributed by atoms with Crippen molar-refractivity contribution in [3.63, 3.8) is 0 Å². The molecule has 0 aliphatic carbocycles. The molecule has 0 atom stereocenters. The zero-order valence-electron chi connectivity index (χ0n) is 6.80. The molecule has 1 aliphatic rings. The van der Waals surface area contributed by atoms with Crippen molar-refractivity contribution in [1.29, 1.82) is 0 Å². The topological polar surface area (TPSA) is 46.2 Å². The highest BCUT2D eigenvalue weighted by Gasteiger charge is 2.27. The van der Waals surface area contributed by atoms with E-state index in [1.807, 2.05) is 0 Å².